The van der Waals surface area contributed by atoms with Gasteiger partial charge in [0.1, 0.15) is 5.75 Å². The number of halogens is 4. The van der Waals surface area contributed by atoms with Crippen LogP contribution in [-0.2, 0) is 16.6 Å². The molecule has 0 saturated heterocycles. The number of hydrogen-bond donors (Lipinski definition) is 0. The number of aromatic nitrogens is 1. The van der Waals surface area contributed by atoms with Crippen LogP contribution >= 0.6 is 12.4 Å². The number of hydrogen-bond acceptors (Lipinski definition) is 5. The zero-order chi connectivity index (χ0) is 25.0. The summed E-state index contributed by atoms with van der Waals surface area (Å²) in [6.45, 7) is -0.359. The van der Waals surface area contributed by atoms with E-state index in [-0.39, 0.29) is 41.9 Å². The molecular formula is C21H20ClF3N2O4S. The van der Waals surface area contributed by atoms with Gasteiger partial charge in [0, 0.05) is 12.4 Å². The number of ether oxygens (including phenoxy) is 2. The third-order valence-electron chi connectivity index (χ3n) is 4.04. The van der Waals surface area contributed by atoms with Gasteiger partial charge in [-0.1, -0.05) is 18.2 Å². The summed E-state index contributed by atoms with van der Waals surface area (Å²) in [4.78, 5) is 3.87. The molecule has 1 aromatic heterocycles. The summed E-state index contributed by atoms with van der Waals surface area (Å²) in [7, 11) is -7.48. The van der Waals surface area contributed by atoms with Gasteiger partial charge >= 0.3 is 6.18 Å². The zero-order valence-electron chi connectivity index (χ0n) is 19.3. The van der Waals surface area contributed by atoms with Gasteiger partial charge in [0.05, 0.1) is 23.4 Å². The van der Waals surface area contributed by atoms with Gasteiger partial charge in [0.15, 0.2) is 17.3 Å². The maximum atomic E-state index is 12.9. The lowest BCUT2D eigenvalue weighted by Crippen LogP contribution is -2.37. The van der Waals surface area contributed by atoms with Crippen molar-refractivity contribution in [2.24, 2.45) is 0 Å². The average Bonchev–Trinajstić information content (AvgIpc) is 2.72. The van der Waals surface area contributed by atoms with E-state index < -0.39 is 29.0 Å². The molecule has 2 aromatic carbocycles. The maximum absolute atomic E-state index is 12.9. The summed E-state index contributed by atoms with van der Waals surface area (Å²) < 4.78 is 96.9. The molecule has 3 rings (SSSR count). The van der Waals surface area contributed by atoms with Gasteiger partial charge in [0.2, 0.25) is 10.0 Å². The zero-order valence-corrected chi connectivity index (χ0v) is 18.0. The molecule has 32 heavy (non-hydrogen) atoms. The lowest BCUT2D eigenvalue weighted by atomic mass is 10.2. The van der Waals surface area contributed by atoms with E-state index in [1.54, 1.807) is 24.3 Å². The summed E-state index contributed by atoms with van der Waals surface area (Å²) in [5, 5.41) is 0. The van der Waals surface area contributed by atoms with Crippen LogP contribution in [0.15, 0.2) is 73.1 Å². The number of nitrogens with zero attached hydrogens (tertiary/aromatic N) is 2. The molecule has 0 atom stereocenters. The van der Waals surface area contributed by atoms with E-state index in [0.717, 1.165) is 0 Å². The molecule has 6 nitrogen and oxygen atoms in total. The van der Waals surface area contributed by atoms with Gasteiger partial charge < -0.3 is 9.47 Å². The first-order valence-corrected chi connectivity index (χ1v) is 10.5. The van der Waals surface area contributed by atoms with E-state index in [0.29, 0.717) is 9.87 Å². The van der Waals surface area contributed by atoms with Crippen LogP contribution in [0.5, 0.6) is 17.2 Å². The minimum atomic E-state index is -4.93. The molecule has 0 N–H and O–H groups in total. The summed E-state index contributed by atoms with van der Waals surface area (Å²) in [5.74, 6) is -1.81. The predicted octanol–water partition coefficient (Wildman–Crippen LogP) is 5.20. The Hall–Kier alpha value is -2.98. The van der Waals surface area contributed by atoms with Crippen molar-refractivity contribution in [3.63, 3.8) is 0 Å². The van der Waals surface area contributed by atoms with Crippen LogP contribution in [0, 0.1) is 0 Å². The quantitative estimate of drug-likeness (QED) is 0.433. The largest absolute Gasteiger partial charge is 0.493 e. The van der Waals surface area contributed by atoms with E-state index in [9.17, 15) is 21.6 Å². The SMILES string of the molecule is Cl.[2H]C([2H])([2H])Oc1ccccc1Oc1ccc(N(Cc2cccnc2)S(=O)(=O)CC(F)(F)F)cc1. The Labute approximate surface area is 194 Å². The Bertz CT molecular complexity index is 1210. The third kappa shape index (κ3) is 6.76. The first-order valence-electron chi connectivity index (χ1n) is 10.3. The molecule has 0 radical (unpaired) electrons. The van der Waals surface area contributed by atoms with Crippen molar-refractivity contribution in [3.8, 4) is 17.2 Å². The van der Waals surface area contributed by atoms with Gasteiger partial charge in [0.25, 0.3) is 0 Å². The number of anilines is 1. The molecule has 3 aromatic rings. The molecule has 0 amide bonds. The molecule has 0 saturated carbocycles. The smallest absolute Gasteiger partial charge is 0.404 e. The third-order valence-corrected chi connectivity index (χ3v) is 5.75. The number of pyridine rings is 1. The van der Waals surface area contributed by atoms with Crippen LogP contribution in [-0.4, -0.2) is 32.4 Å². The second kappa shape index (κ2) is 10.6. The Morgan fingerprint density at radius 1 is 1.03 bits per heavy atom. The van der Waals surface area contributed by atoms with Gasteiger partial charge in [-0.05, 0) is 48.0 Å². The number of methoxy groups -OCH3 is 1. The molecule has 0 fully saturated rings. The minimum absolute atomic E-state index is 0. The molecule has 0 aliphatic heterocycles. The van der Waals surface area contributed by atoms with Crippen molar-refractivity contribution in [1.29, 1.82) is 0 Å². The first kappa shape index (κ1) is 20.9. The number of rotatable bonds is 8. The Balaban J connectivity index is 0.00000432. The summed E-state index contributed by atoms with van der Waals surface area (Å²) >= 11 is 0. The normalized spacial score (nSPS) is 13.2. The van der Waals surface area contributed by atoms with Crippen molar-refractivity contribution < 1.29 is 35.2 Å². The van der Waals surface area contributed by atoms with Gasteiger partial charge in [-0.2, -0.15) is 13.2 Å². The predicted molar refractivity (Wildman–Crippen MR) is 117 cm³/mol. The monoisotopic (exact) mass is 491 g/mol. The van der Waals surface area contributed by atoms with E-state index in [2.05, 4.69) is 4.98 Å². The van der Waals surface area contributed by atoms with Gasteiger partial charge in [-0.25, -0.2) is 8.42 Å². The highest BCUT2D eigenvalue weighted by Gasteiger charge is 2.38. The number of benzene rings is 2. The molecule has 172 valence electrons. The first-order chi connectivity index (χ1) is 15.8. The fourth-order valence-electron chi connectivity index (χ4n) is 2.72. The maximum Gasteiger partial charge on any atom is 0.404 e. The molecule has 11 heteroatoms. The highest BCUT2D eigenvalue weighted by Crippen LogP contribution is 2.33. The highest BCUT2D eigenvalue weighted by molar-refractivity contribution is 7.92. The molecular weight excluding hydrogens is 469 g/mol. The molecule has 0 aliphatic rings. The molecule has 0 spiro atoms. The van der Waals surface area contributed by atoms with Crippen LogP contribution in [0.25, 0.3) is 0 Å². The van der Waals surface area contributed by atoms with Crippen LogP contribution in [0.4, 0.5) is 18.9 Å². The Morgan fingerprint density at radius 2 is 1.72 bits per heavy atom. The average molecular weight is 492 g/mol. The summed E-state index contributed by atoms with van der Waals surface area (Å²) in [6, 6.07) is 14.4. The van der Waals surface area contributed by atoms with Gasteiger partial charge in [-0.3, -0.25) is 9.29 Å². The van der Waals surface area contributed by atoms with Crippen LogP contribution < -0.4 is 13.8 Å². The second-order valence-corrected chi connectivity index (χ2v) is 8.28. The highest BCUT2D eigenvalue weighted by atomic mass is 35.5. The lowest BCUT2D eigenvalue weighted by Gasteiger charge is -2.25. The van der Waals surface area contributed by atoms with Crippen molar-refractivity contribution in [3.05, 3.63) is 78.6 Å². The van der Waals surface area contributed by atoms with Crippen LogP contribution in [0.1, 0.15) is 9.68 Å². The van der Waals surface area contributed by atoms with E-state index in [4.69, 9.17) is 13.6 Å². The minimum Gasteiger partial charge on any atom is -0.493 e. The molecule has 1 heterocycles. The summed E-state index contributed by atoms with van der Waals surface area (Å²) in [6.07, 6.45) is -2.12. The number of para-hydroxylation sites is 2. The topological polar surface area (TPSA) is 68.7 Å². The van der Waals surface area contributed by atoms with E-state index in [1.807, 2.05) is 0 Å². The molecule has 0 aliphatic carbocycles. The fourth-order valence-corrected chi connectivity index (χ4v) is 4.08. The van der Waals surface area contributed by atoms with Crippen LogP contribution in [0.3, 0.4) is 0 Å². The standard InChI is InChI=1S/C21H19F3N2O4S.ClH/c1-29-19-6-2-3-7-20(19)30-18-10-8-17(9-11-18)26(14-16-5-4-12-25-13-16)31(27,28)15-21(22,23)24;/h2-13H,14-15H2,1H3;1H/i1D3;. The van der Waals surface area contributed by atoms with Crippen molar-refractivity contribution in [2.75, 3.05) is 17.1 Å². The lowest BCUT2D eigenvalue weighted by molar-refractivity contribution is -0.106. The number of sulfonamides is 1. The number of alkyl halides is 3. The van der Waals surface area contributed by atoms with E-state index in [1.165, 1.54) is 48.8 Å². The van der Waals surface area contributed by atoms with Crippen molar-refractivity contribution >= 4 is 28.1 Å². The molecule has 0 unspecified atom stereocenters. The Kier molecular flexibility index (Phi) is 6.89. The molecule has 0 bridgehead atoms. The second-order valence-electron chi connectivity index (χ2n) is 6.38. The van der Waals surface area contributed by atoms with Crippen molar-refractivity contribution in [1.82, 2.24) is 4.98 Å². The fraction of sp³-hybridized carbons (Fsp3) is 0.190. The van der Waals surface area contributed by atoms with E-state index >= 15 is 0 Å². The van der Waals surface area contributed by atoms with Crippen molar-refractivity contribution in [2.45, 2.75) is 12.7 Å². The van der Waals surface area contributed by atoms with Crippen LogP contribution in [0.2, 0.25) is 0 Å². The van der Waals surface area contributed by atoms with Gasteiger partial charge in [-0.15, -0.1) is 12.4 Å². The Morgan fingerprint density at radius 3 is 2.31 bits per heavy atom. The summed E-state index contributed by atoms with van der Waals surface area (Å²) in [5.41, 5.74) is 0.372.